The Bertz CT molecular complexity index is 673. The van der Waals surface area contributed by atoms with Gasteiger partial charge in [0, 0.05) is 12.1 Å². The van der Waals surface area contributed by atoms with E-state index in [0.717, 1.165) is 5.56 Å². The van der Waals surface area contributed by atoms with Crippen LogP contribution in [0.4, 0.5) is 9.18 Å². The monoisotopic (exact) mass is 347 g/mol. The molecule has 0 aliphatic carbocycles. The van der Waals surface area contributed by atoms with Crippen LogP contribution >= 0.6 is 0 Å². The third kappa shape index (κ3) is 5.55. The minimum absolute atomic E-state index is 0.0649. The lowest BCUT2D eigenvalue weighted by Gasteiger charge is -2.20. The first-order chi connectivity index (χ1) is 12.0. The van der Waals surface area contributed by atoms with E-state index >= 15 is 0 Å². The second-order valence-corrected chi connectivity index (χ2v) is 5.76. The second kappa shape index (κ2) is 9.15. The van der Waals surface area contributed by atoms with Crippen molar-refractivity contribution < 1.29 is 24.1 Å². The highest BCUT2D eigenvalue weighted by molar-refractivity contribution is 5.67. The summed E-state index contributed by atoms with van der Waals surface area (Å²) in [4.78, 5) is 11.6. The van der Waals surface area contributed by atoms with Gasteiger partial charge in [-0.2, -0.15) is 0 Å². The second-order valence-electron chi connectivity index (χ2n) is 5.76. The van der Waals surface area contributed by atoms with Gasteiger partial charge in [0.05, 0.1) is 6.10 Å². The van der Waals surface area contributed by atoms with Gasteiger partial charge >= 0.3 is 6.09 Å². The summed E-state index contributed by atoms with van der Waals surface area (Å²) in [6, 6.07) is 13.7. The highest BCUT2D eigenvalue weighted by Gasteiger charge is 2.23. The fourth-order valence-corrected chi connectivity index (χ4v) is 2.47. The van der Waals surface area contributed by atoms with Gasteiger partial charge in [0.2, 0.25) is 0 Å². The molecule has 6 heteroatoms. The molecule has 0 fully saturated rings. The number of carbonyl (C=O) groups is 1. The van der Waals surface area contributed by atoms with Crippen molar-refractivity contribution >= 4 is 6.09 Å². The summed E-state index contributed by atoms with van der Waals surface area (Å²) in [7, 11) is 0. The molecule has 0 saturated heterocycles. The topological polar surface area (TPSA) is 78.8 Å². The molecule has 0 heterocycles. The maximum absolute atomic E-state index is 13.8. The summed E-state index contributed by atoms with van der Waals surface area (Å²) in [5, 5.41) is 22.7. The molecule has 1 amide bonds. The van der Waals surface area contributed by atoms with Crippen LogP contribution in [0.1, 0.15) is 29.2 Å². The number of aryl methyl sites for hydroxylation is 1. The van der Waals surface area contributed by atoms with Crippen LogP contribution in [0.15, 0.2) is 48.5 Å². The van der Waals surface area contributed by atoms with Gasteiger partial charge in [-0.3, -0.25) is 0 Å². The van der Waals surface area contributed by atoms with E-state index in [1.165, 1.54) is 12.1 Å². The van der Waals surface area contributed by atoms with Gasteiger partial charge in [0.15, 0.2) is 0 Å². The molecule has 2 aromatic rings. The van der Waals surface area contributed by atoms with Crippen LogP contribution in [-0.2, 0) is 11.3 Å². The Kier molecular flexibility index (Phi) is 6.91. The van der Waals surface area contributed by atoms with Crippen LogP contribution in [0.25, 0.3) is 0 Å². The Balaban J connectivity index is 1.76. The minimum Gasteiger partial charge on any atom is -0.445 e. The van der Waals surface area contributed by atoms with E-state index in [1.54, 1.807) is 13.0 Å². The van der Waals surface area contributed by atoms with E-state index in [-0.39, 0.29) is 25.1 Å². The van der Waals surface area contributed by atoms with Gasteiger partial charge in [-0.15, -0.1) is 0 Å². The van der Waals surface area contributed by atoms with E-state index < -0.39 is 24.1 Å². The van der Waals surface area contributed by atoms with Crippen LogP contribution in [0.3, 0.4) is 0 Å². The summed E-state index contributed by atoms with van der Waals surface area (Å²) < 4.78 is 18.9. The zero-order valence-electron chi connectivity index (χ0n) is 14.0. The lowest BCUT2D eigenvalue weighted by molar-refractivity contribution is 0.0112. The predicted octanol–water partition coefficient (Wildman–Crippen LogP) is 2.84. The lowest BCUT2D eigenvalue weighted by Crippen LogP contribution is -2.30. The highest BCUT2D eigenvalue weighted by atomic mass is 19.1. The fourth-order valence-electron chi connectivity index (χ4n) is 2.47. The Labute approximate surface area is 146 Å². The molecule has 0 saturated carbocycles. The Morgan fingerprint density at radius 3 is 2.56 bits per heavy atom. The number of hydrogen-bond acceptors (Lipinski definition) is 4. The number of hydrogen-bond donors (Lipinski definition) is 3. The maximum Gasteiger partial charge on any atom is 0.407 e. The molecule has 2 aromatic carbocycles. The van der Waals surface area contributed by atoms with Crippen LogP contribution in [0, 0.1) is 12.7 Å². The zero-order chi connectivity index (χ0) is 18.2. The molecular formula is C19H22FNO4. The summed E-state index contributed by atoms with van der Waals surface area (Å²) in [5.74, 6) is -0.568. The van der Waals surface area contributed by atoms with Crippen LogP contribution in [0.2, 0.25) is 0 Å². The minimum atomic E-state index is -1.36. The molecule has 0 aliphatic rings. The Morgan fingerprint density at radius 2 is 1.88 bits per heavy atom. The first-order valence-corrected chi connectivity index (χ1v) is 8.04. The van der Waals surface area contributed by atoms with Crippen molar-refractivity contribution in [3.05, 3.63) is 71.0 Å². The van der Waals surface area contributed by atoms with Crippen molar-refractivity contribution in [2.24, 2.45) is 0 Å². The van der Waals surface area contributed by atoms with Crippen LogP contribution in [-0.4, -0.2) is 29.0 Å². The quantitative estimate of drug-likeness (QED) is 0.720. The van der Waals surface area contributed by atoms with Crippen molar-refractivity contribution in [3.8, 4) is 0 Å². The summed E-state index contributed by atoms with van der Waals surface area (Å²) in [5.41, 5.74) is 1.49. The van der Waals surface area contributed by atoms with Gasteiger partial charge in [0.1, 0.15) is 18.5 Å². The number of alkyl carbamates (subject to hydrolysis) is 1. The number of aliphatic hydroxyl groups excluding tert-OH is 2. The summed E-state index contributed by atoms with van der Waals surface area (Å²) in [6.07, 6.45) is -3.11. The molecule has 2 atom stereocenters. The largest absolute Gasteiger partial charge is 0.445 e. The first-order valence-electron chi connectivity index (χ1n) is 8.04. The highest BCUT2D eigenvalue weighted by Crippen LogP contribution is 2.25. The lowest BCUT2D eigenvalue weighted by atomic mass is 9.97. The number of ether oxygens (including phenoxy) is 1. The average Bonchev–Trinajstić information content (AvgIpc) is 2.60. The fraction of sp³-hybridized carbons (Fsp3) is 0.316. The van der Waals surface area contributed by atoms with E-state index in [1.807, 2.05) is 30.3 Å². The van der Waals surface area contributed by atoms with E-state index in [4.69, 9.17) is 4.74 Å². The van der Waals surface area contributed by atoms with Crippen molar-refractivity contribution in [1.82, 2.24) is 5.32 Å². The van der Waals surface area contributed by atoms with Gasteiger partial charge < -0.3 is 20.3 Å². The number of amides is 1. The molecule has 0 radical (unpaired) electrons. The number of rotatable bonds is 7. The molecular weight excluding hydrogens is 325 g/mol. The molecule has 25 heavy (non-hydrogen) atoms. The van der Waals surface area contributed by atoms with Gasteiger partial charge in [-0.05, 0) is 30.5 Å². The Morgan fingerprint density at radius 1 is 1.16 bits per heavy atom. The summed E-state index contributed by atoms with van der Waals surface area (Å²) in [6.45, 7) is 1.90. The standard InChI is InChI=1S/C19H22FNO4/c1-13-6-5-9-15(20)17(13)18(23)16(22)10-11-21-19(24)25-12-14-7-3-2-4-8-14/h2-9,16,18,22-23H,10-12H2,1H3,(H,21,24). The molecule has 0 aliphatic heterocycles. The molecule has 2 unspecified atom stereocenters. The van der Waals surface area contributed by atoms with Crippen molar-refractivity contribution in [1.29, 1.82) is 0 Å². The van der Waals surface area contributed by atoms with Gasteiger partial charge in [-0.1, -0.05) is 42.5 Å². The number of carbonyl (C=O) groups excluding carboxylic acids is 1. The number of halogens is 1. The number of aliphatic hydroxyl groups is 2. The molecule has 5 nitrogen and oxygen atoms in total. The average molecular weight is 347 g/mol. The van der Waals surface area contributed by atoms with Crippen molar-refractivity contribution in [3.63, 3.8) is 0 Å². The predicted molar refractivity (Wildman–Crippen MR) is 91.4 cm³/mol. The van der Waals surface area contributed by atoms with E-state index in [9.17, 15) is 19.4 Å². The Hall–Kier alpha value is -2.44. The van der Waals surface area contributed by atoms with Crippen molar-refractivity contribution in [2.75, 3.05) is 6.54 Å². The molecule has 0 spiro atoms. The van der Waals surface area contributed by atoms with E-state index in [0.29, 0.717) is 5.56 Å². The molecule has 3 N–H and O–H groups in total. The SMILES string of the molecule is Cc1cccc(F)c1C(O)C(O)CCNC(=O)OCc1ccccc1. The zero-order valence-corrected chi connectivity index (χ0v) is 14.0. The normalized spacial score (nSPS) is 13.1. The van der Waals surface area contributed by atoms with Crippen LogP contribution in [0.5, 0.6) is 0 Å². The summed E-state index contributed by atoms with van der Waals surface area (Å²) >= 11 is 0. The number of nitrogens with one attached hydrogen (secondary N) is 1. The van der Waals surface area contributed by atoms with Gasteiger partial charge in [-0.25, -0.2) is 9.18 Å². The van der Waals surface area contributed by atoms with Crippen molar-refractivity contribution in [2.45, 2.75) is 32.2 Å². The van der Waals surface area contributed by atoms with Crippen LogP contribution < -0.4 is 5.32 Å². The molecule has 0 bridgehead atoms. The molecule has 0 aromatic heterocycles. The first kappa shape index (κ1) is 18.9. The molecule has 2 rings (SSSR count). The third-order valence-electron chi connectivity index (χ3n) is 3.85. The van der Waals surface area contributed by atoms with E-state index in [2.05, 4.69) is 5.32 Å². The maximum atomic E-state index is 13.8. The van der Waals surface area contributed by atoms with Gasteiger partial charge in [0.25, 0.3) is 0 Å². The smallest absolute Gasteiger partial charge is 0.407 e. The third-order valence-corrected chi connectivity index (χ3v) is 3.85. The molecule has 134 valence electrons. The number of benzene rings is 2.